The van der Waals surface area contributed by atoms with E-state index in [0.717, 1.165) is 43.7 Å². The molecule has 0 radical (unpaired) electrons. The molecule has 0 aromatic carbocycles. The first-order valence-electron chi connectivity index (χ1n) is 7.22. The minimum atomic E-state index is -0.0987. The smallest absolute Gasteiger partial charge is 0.250 e. The number of anilines is 2. The molecular formula is C14H19ClN4O. The van der Waals surface area contributed by atoms with Gasteiger partial charge in [0.2, 0.25) is 11.2 Å². The number of hydrogen-bond acceptors (Lipinski definition) is 4. The van der Waals surface area contributed by atoms with Crippen LogP contribution in [0.5, 0.6) is 0 Å². The number of aromatic nitrogens is 2. The normalized spacial score (nSPS) is 22.6. The Morgan fingerprint density at radius 3 is 2.90 bits per heavy atom. The fraction of sp³-hybridized carbons (Fsp3) is 0.643. The molecule has 3 rings (SSSR count). The van der Waals surface area contributed by atoms with E-state index < -0.39 is 0 Å². The van der Waals surface area contributed by atoms with Gasteiger partial charge in [0.25, 0.3) is 0 Å². The SMILES string of the molecule is CC(C)N1C(=O)C2CCCCCN2c2nc(Cl)ncc21. The molecule has 3 heterocycles. The van der Waals surface area contributed by atoms with E-state index in [1.165, 1.54) is 0 Å². The summed E-state index contributed by atoms with van der Waals surface area (Å²) in [6.07, 6.45) is 5.91. The van der Waals surface area contributed by atoms with Gasteiger partial charge in [0.15, 0.2) is 5.82 Å². The van der Waals surface area contributed by atoms with E-state index in [2.05, 4.69) is 14.9 Å². The van der Waals surface area contributed by atoms with Crippen molar-refractivity contribution in [1.29, 1.82) is 0 Å². The third-order valence-electron chi connectivity index (χ3n) is 4.04. The molecule has 1 aromatic heterocycles. The molecule has 20 heavy (non-hydrogen) atoms. The van der Waals surface area contributed by atoms with E-state index >= 15 is 0 Å². The molecule has 0 aliphatic carbocycles. The number of halogens is 1. The lowest BCUT2D eigenvalue weighted by Crippen LogP contribution is -2.55. The number of carbonyl (C=O) groups is 1. The molecule has 6 heteroatoms. The third-order valence-corrected chi connectivity index (χ3v) is 4.23. The molecule has 0 saturated carbocycles. The average Bonchev–Trinajstić information content (AvgIpc) is 2.65. The molecule has 1 amide bonds. The first kappa shape index (κ1) is 13.6. The molecule has 2 aliphatic rings. The average molecular weight is 295 g/mol. The predicted octanol–water partition coefficient (Wildman–Crippen LogP) is 2.63. The summed E-state index contributed by atoms with van der Waals surface area (Å²) in [4.78, 5) is 25.2. The van der Waals surface area contributed by atoms with Crippen LogP contribution in [0.2, 0.25) is 5.28 Å². The molecule has 1 unspecified atom stereocenters. The minimum Gasteiger partial charge on any atom is -0.343 e. The summed E-state index contributed by atoms with van der Waals surface area (Å²) in [5.41, 5.74) is 0.785. The molecule has 1 aromatic rings. The van der Waals surface area contributed by atoms with Crippen LogP contribution in [-0.2, 0) is 4.79 Å². The van der Waals surface area contributed by atoms with Gasteiger partial charge in [-0.15, -0.1) is 0 Å². The number of carbonyl (C=O) groups excluding carboxylic acids is 1. The van der Waals surface area contributed by atoms with Crippen molar-refractivity contribution < 1.29 is 4.79 Å². The lowest BCUT2D eigenvalue weighted by molar-refractivity contribution is -0.120. The van der Waals surface area contributed by atoms with Gasteiger partial charge in [-0.2, -0.15) is 4.98 Å². The van der Waals surface area contributed by atoms with Crippen molar-refractivity contribution in [2.45, 2.75) is 51.6 Å². The van der Waals surface area contributed by atoms with E-state index in [4.69, 9.17) is 11.6 Å². The monoisotopic (exact) mass is 294 g/mol. The van der Waals surface area contributed by atoms with Gasteiger partial charge in [0, 0.05) is 12.6 Å². The van der Waals surface area contributed by atoms with Crippen molar-refractivity contribution in [3.05, 3.63) is 11.5 Å². The summed E-state index contributed by atoms with van der Waals surface area (Å²) in [5.74, 6) is 0.977. The first-order valence-corrected chi connectivity index (χ1v) is 7.59. The van der Waals surface area contributed by atoms with Crippen molar-refractivity contribution in [3.63, 3.8) is 0 Å². The zero-order chi connectivity index (χ0) is 14.3. The zero-order valence-corrected chi connectivity index (χ0v) is 12.6. The molecule has 108 valence electrons. The largest absolute Gasteiger partial charge is 0.343 e. The Morgan fingerprint density at radius 1 is 1.35 bits per heavy atom. The fourth-order valence-electron chi connectivity index (χ4n) is 3.16. The van der Waals surface area contributed by atoms with Gasteiger partial charge >= 0.3 is 0 Å². The van der Waals surface area contributed by atoms with Gasteiger partial charge in [-0.3, -0.25) is 4.79 Å². The maximum atomic E-state index is 12.8. The maximum Gasteiger partial charge on any atom is 0.250 e. The van der Waals surface area contributed by atoms with Crippen molar-refractivity contribution >= 4 is 29.0 Å². The Balaban J connectivity index is 2.13. The molecule has 0 spiro atoms. The van der Waals surface area contributed by atoms with E-state index in [0.29, 0.717) is 0 Å². The van der Waals surface area contributed by atoms with Crippen LogP contribution in [0.15, 0.2) is 6.20 Å². The molecule has 5 nitrogen and oxygen atoms in total. The van der Waals surface area contributed by atoms with Gasteiger partial charge in [-0.05, 0) is 38.3 Å². The Labute approximate surface area is 123 Å². The zero-order valence-electron chi connectivity index (χ0n) is 11.8. The number of rotatable bonds is 1. The second-order valence-electron chi connectivity index (χ2n) is 5.71. The second kappa shape index (κ2) is 5.20. The van der Waals surface area contributed by atoms with Crippen molar-refractivity contribution in [2.75, 3.05) is 16.3 Å². The van der Waals surface area contributed by atoms with Crippen LogP contribution in [0.1, 0.15) is 39.5 Å². The summed E-state index contributed by atoms with van der Waals surface area (Å²) in [5, 5.41) is 0.241. The highest BCUT2D eigenvalue weighted by Crippen LogP contribution is 2.38. The standard InChI is InChI=1S/C14H19ClN4O/c1-9(2)19-11-8-16-14(15)17-12(11)18-7-5-3-4-6-10(18)13(19)20/h8-10H,3-7H2,1-2H3. The quantitative estimate of drug-likeness (QED) is 0.747. The van der Waals surface area contributed by atoms with E-state index in [1.807, 2.05) is 18.7 Å². The van der Waals surface area contributed by atoms with Gasteiger partial charge in [-0.1, -0.05) is 12.8 Å². The molecule has 1 saturated heterocycles. The van der Waals surface area contributed by atoms with Gasteiger partial charge in [0.1, 0.15) is 11.7 Å². The van der Waals surface area contributed by atoms with Crippen LogP contribution in [0.4, 0.5) is 11.5 Å². The lowest BCUT2D eigenvalue weighted by atomic mass is 10.0. The summed E-state index contributed by atoms with van der Waals surface area (Å²) < 4.78 is 0. The van der Waals surface area contributed by atoms with Crippen molar-refractivity contribution in [2.24, 2.45) is 0 Å². The fourth-order valence-corrected chi connectivity index (χ4v) is 3.29. The predicted molar refractivity (Wildman–Crippen MR) is 79.3 cm³/mol. The van der Waals surface area contributed by atoms with Crippen LogP contribution >= 0.6 is 11.6 Å². The summed E-state index contributed by atoms with van der Waals surface area (Å²) in [6, 6.07) is -0.00482. The molecule has 1 atom stereocenters. The van der Waals surface area contributed by atoms with Gasteiger partial charge in [0.05, 0.1) is 6.20 Å². The highest BCUT2D eigenvalue weighted by molar-refractivity contribution is 6.28. The third kappa shape index (κ3) is 2.14. The Kier molecular flexibility index (Phi) is 3.54. The number of nitrogens with zero attached hydrogens (tertiary/aromatic N) is 4. The Bertz CT molecular complexity index is 534. The highest BCUT2D eigenvalue weighted by Gasteiger charge is 2.40. The minimum absolute atomic E-state index is 0.0939. The second-order valence-corrected chi connectivity index (χ2v) is 6.05. The Morgan fingerprint density at radius 2 is 2.15 bits per heavy atom. The lowest BCUT2D eigenvalue weighted by Gasteiger charge is -2.42. The summed E-state index contributed by atoms with van der Waals surface area (Å²) in [6.45, 7) is 4.90. The van der Waals surface area contributed by atoms with Crippen molar-refractivity contribution in [1.82, 2.24) is 9.97 Å². The summed E-state index contributed by atoms with van der Waals surface area (Å²) >= 11 is 5.96. The highest BCUT2D eigenvalue weighted by atomic mass is 35.5. The Hall–Kier alpha value is -1.36. The molecular weight excluding hydrogens is 276 g/mol. The first-order chi connectivity index (χ1) is 9.59. The van der Waals surface area contributed by atoms with Crippen LogP contribution in [0, 0.1) is 0 Å². The van der Waals surface area contributed by atoms with E-state index in [9.17, 15) is 4.79 Å². The van der Waals surface area contributed by atoms with E-state index in [1.54, 1.807) is 6.20 Å². The van der Waals surface area contributed by atoms with Crippen LogP contribution < -0.4 is 9.80 Å². The maximum absolute atomic E-state index is 12.8. The molecule has 2 aliphatic heterocycles. The molecule has 1 fully saturated rings. The van der Waals surface area contributed by atoms with Crippen LogP contribution in [0.3, 0.4) is 0 Å². The number of hydrogen-bond donors (Lipinski definition) is 0. The number of amides is 1. The van der Waals surface area contributed by atoms with Crippen LogP contribution in [0.25, 0.3) is 0 Å². The van der Waals surface area contributed by atoms with Crippen molar-refractivity contribution in [3.8, 4) is 0 Å². The summed E-state index contributed by atoms with van der Waals surface area (Å²) in [7, 11) is 0. The van der Waals surface area contributed by atoms with Gasteiger partial charge in [-0.25, -0.2) is 4.98 Å². The van der Waals surface area contributed by atoms with Crippen LogP contribution in [-0.4, -0.2) is 34.5 Å². The molecule has 0 N–H and O–H groups in total. The van der Waals surface area contributed by atoms with Gasteiger partial charge < -0.3 is 9.80 Å². The van der Waals surface area contributed by atoms with E-state index in [-0.39, 0.29) is 23.3 Å². The number of fused-ring (bicyclic) bond motifs is 3. The topological polar surface area (TPSA) is 49.3 Å². The molecule has 0 bridgehead atoms.